The topological polar surface area (TPSA) is 337 Å². The van der Waals surface area contributed by atoms with Crippen LogP contribution in [0.1, 0.15) is 39.0 Å². The van der Waals surface area contributed by atoms with Crippen molar-refractivity contribution in [1.29, 1.82) is 0 Å². The fraction of sp³-hybridized carbons (Fsp3) is 0.731. The molecule has 0 aromatic carbocycles. The second-order valence-corrected chi connectivity index (χ2v) is 10.7. The van der Waals surface area contributed by atoms with Crippen LogP contribution in [-0.4, -0.2) is 144 Å². The van der Waals surface area contributed by atoms with Crippen molar-refractivity contribution in [3.63, 3.8) is 0 Å². The van der Waals surface area contributed by atoms with Crippen molar-refractivity contribution in [2.45, 2.75) is 81.4 Å². The Hall–Kier alpha value is -3.95. The van der Waals surface area contributed by atoms with Crippen LogP contribution in [0.25, 0.3) is 0 Å². The molecule has 46 heavy (non-hydrogen) atoms. The van der Waals surface area contributed by atoms with Crippen molar-refractivity contribution in [3.8, 4) is 0 Å². The van der Waals surface area contributed by atoms with Gasteiger partial charge in [0, 0.05) is 25.6 Å². The molecule has 1 fully saturated rings. The molecule has 15 N–H and O–H groups in total. The number of aliphatic hydroxyl groups excluding tert-OH is 4. The number of rotatable bonds is 12. The molecule has 7 amide bonds. The van der Waals surface area contributed by atoms with Crippen molar-refractivity contribution in [1.82, 2.24) is 37.2 Å². The van der Waals surface area contributed by atoms with Crippen molar-refractivity contribution in [2.75, 3.05) is 39.5 Å². The first-order valence-electron chi connectivity index (χ1n) is 14.8. The summed E-state index contributed by atoms with van der Waals surface area (Å²) in [6, 6.07) is -7.93. The van der Waals surface area contributed by atoms with Crippen LogP contribution in [0.5, 0.6) is 0 Å². The molecule has 0 radical (unpaired) electrons. The first-order chi connectivity index (χ1) is 21.7. The number of hydrogen-bond acceptors (Lipinski definition) is 13. The molecule has 1 rings (SSSR count). The van der Waals surface area contributed by atoms with Gasteiger partial charge in [0.15, 0.2) is 0 Å². The van der Waals surface area contributed by atoms with Gasteiger partial charge in [0.25, 0.3) is 0 Å². The van der Waals surface area contributed by atoms with E-state index in [1.165, 1.54) is 6.92 Å². The summed E-state index contributed by atoms with van der Waals surface area (Å²) < 4.78 is 0. The maximum atomic E-state index is 13.1. The number of carbonyl (C=O) groups is 7. The van der Waals surface area contributed by atoms with Crippen molar-refractivity contribution in [3.05, 3.63) is 0 Å². The molecule has 1 heterocycles. The van der Waals surface area contributed by atoms with Crippen molar-refractivity contribution in [2.24, 2.45) is 11.5 Å². The van der Waals surface area contributed by atoms with Gasteiger partial charge in [-0.05, 0) is 32.6 Å². The van der Waals surface area contributed by atoms with E-state index in [0.717, 1.165) is 0 Å². The van der Waals surface area contributed by atoms with Gasteiger partial charge in [0.2, 0.25) is 41.4 Å². The van der Waals surface area contributed by atoms with Gasteiger partial charge in [0.05, 0.1) is 38.5 Å². The summed E-state index contributed by atoms with van der Waals surface area (Å²) in [4.78, 5) is 88.0. The molecule has 7 atom stereocenters. The second kappa shape index (κ2) is 21.0. The quantitative estimate of drug-likeness (QED) is 0.0925. The van der Waals surface area contributed by atoms with Crippen LogP contribution in [-0.2, 0) is 33.6 Å². The summed E-state index contributed by atoms with van der Waals surface area (Å²) in [6.07, 6.45) is -1.12. The number of aliphatic hydroxyl groups is 4. The first kappa shape index (κ1) is 40.1. The largest absolute Gasteiger partial charge is 0.395 e. The molecule has 0 aromatic heterocycles. The highest BCUT2D eigenvalue weighted by Crippen LogP contribution is 2.06. The predicted octanol–water partition coefficient (Wildman–Crippen LogP) is -7.75. The van der Waals surface area contributed by atoms with Gasteiger partial charge >= 0.3 is 0 Å². The summed E-state index contributed by atoms with van der Waals surface area (Å²) in [5.41, 5.74) is 10.7. The van der Waals surface area contributed by atoms with Crippen LogP contribution in [0.4, 0.5) is 0 Å². The number of carbonyl (C=O) groups excluding carboxylic acids is 7. The van der Waals surface area contributed by atoms with E-state index in [-0.39, 0.29) is 45.4 Å². The Kier molecular flexibility index (Phi) is 18.3. The van der Waals surface area contributed by atoms with Crippen LogP contribution < -0.4 is 48.7 Å². The Morgan fingerprint density at radius 1 is 0.957 bits per heavy atom. The molecule has 0 aliphatic carbocycles. The van der Waals surface area contributed by atoms with Crippen LogP contribution in [0, 0.1) is 0 Å². The highest BCUT2D eigenvalue weighted by molar-refractivity contribution is 5.96. The van der Waals surface area contributed by atoms with Crippen molar-refractivity contribution >= 4 is 41.4 Å². The second-order valence-electron chi connectivity index (χ2n) is 10.7. The van der Waals surface area contributed by atoms with Crippen LogP contribution >= 0.6 is 0 Å². The summed E-state index contributed by atoms with van der Waals surface area (Å²) >= 11 is 0. The van der Waals surface area contributed by atoms with E-state index in [1.54, 1.807) is 0 Å². The fourth-order valence-corrected chi connectivity index (χ4v) is 4.17. The molecule has 20 heteroatoms. The molecule has 0 saturated carbocycles. The SMILES string of the molecule is CC(O)C1NC(=O)C(NCC(N)CO)CCC(=O)NCCCCC(C(=O)NC(CO)C(=O)NCC(N)=O)NC(=O)C(CO)NC1=O. The molecule has 0 aromatic rings. The zero-order valence-corrected chi connectivity index (χ0v) is 25.6. The highest BCUT2D eigenvalue weighted by atomic mass is 16.3. The zero-order chi connectivity index (χ0) is 34.8. The van der Waals surface area contributed by atoms with Gasteiger partial charge < -0.3 is 69.1 Å². The normalized spacial score (nSPS) is 24.4. The maximum absolute atomic E-state index is 13.1. The number of nitrogens with one attached hydrogen (secondary N) is 7. The molecule has 20 nitrogen and oxygen atoms in total. The molecule has 1 aliphatic heterocycles. The third-order valence-electron chi connectivity index (χ3n) is 6.84. The monoisotopic (exact) mass is 661 g/mol. The van der Waals surface area contributed by atoms with Crippen LogP contribution in [0.3, 0.4) is 0 Å². The van der Waals surface area contributed by atoms with Gasteiger partial charge in [0.1, 0.15) is 24.2 Å². The molecular weight excluding hydrogens is 614 g/mol. The first-order valence-corrected chi connectivity index (χ1v) is 14.8. The Balaban J connectivity index is 3.22. The third kappa shape index (κ3) is 14.4. The fourth-order valence-electron chi connectivity index (χ4n) is 4.17. The van der Waals surface area contributed by atoms with Gasteiger partial charge in [-0.15, -0.1) is 0 Å². The van der Waals surface area contributed by atoms with Gasteiger partial charge in [-0.3, -0.25) is 33.6 Å². The standard InChI is InChI=1S/C26H47N9O11/c1-13(39)21-26(46)34-18(12-38)25(45)32-16(24(44)33-17(11-37)22(42)31-9-19(28)40)4-2-3-7-29-20(41)6-5-15(23(43)35-21)30-8-14(27)10-36/h13-18,21,30,36-39H,2-12,27H2,1H3,(H2,28,40)(H,29,41)(H,31,42)(H,32,45)(H,33,44)(H,34,46)(H,35,43). The lowest BCUT2D eigenvalue weighted by atomic mass is 10.1. The summed E-state index contributed by atoms with van der Waals surface area (Å²) in [7, 11) is 0. The van der Waals surface area contributed by atoms with E-state index in [1.807, 2.05) is 0 Å². The van der Waals surface area contributed by atoms with E-state index in [4.69, 9.17) is 11.5 Å². The number of amides is 7. The van der Waals surface area contributed by atoms with Gasteiger partial charge in [-0.1, -0.05) is 0 Å². The average molecular weight is 662 g/mol. The maximum Gasteiger partial charge on any atom is 0.245 e. The van der Waals surface area contributed by atoms with Crippen LogP contribution in [0.2, 0.25) is 0 Å². The molecular formula is C26H47N9O11. The molecule has 1 saturated heterocycles. The Labute approximate surface area is 265 Å². The Bertz CT molecular complexity index is 1060. The van der Waals surface area contributed by atoms with E-state index in [0.29, 0.717) is 6.42 Å². The molecule has 0 bridgehead atoms. The van der Waals surface area contributed by atoms with Crippen molar-refractivity contribution < 1.29 is 54.0 Å². The lowest BCUT2D eigenvalue weighted by molar-refractivity contribution is -0.137. The van der Waals surface area contributed by atoms with E-state index in [9.17, 15) is 54.0 Å². The summed E-state index contributed by atoms with van der Waals surface area (Å²) in [5, 5.41) is 55.8. The minimum absolute atomic E-state index is 0.0135. The number of nitrogens with two attached hydrogens (primary N) is 2. The molecule has 0 spiro atoms. The van der Waals surface area contributed by atoms with Gasteiger partial charge in [-0.25, -0.2) is 0 Å². The number of primary amides is 1. The predicted molar refractivity (Wildman–Crippen MR) is 159 cm³/mol. The summed E-state index contributed by atoms with van der Waals surface area (Å²) in [5.74, 6) is -6.01. The van der Waals surface area contributed by atoms with E-state index in [2.05, 4.69) is 37.2 Å². The zero-order valence-electron chi connectivity index (χ0n) is 25.6. The smallest absolute Gasteiger partial charge is 0.245 e. The minimum Gasteiger partial charge on any atom is -0.395 e. The minimum atomic E-state index is -1.65. The molecule has 7 unspecified atom stereocenters. The molecule has 1 aliphatic rings. The highest BCUT2D eigenvalue weighted by Gasteiger charge is 2.34. The lowest BCUT2D eigenvalue weighted by Gasteiger charge is -2.28. The van der Waals surface area contributed by atoms with Gasteiger partial charge in [-0.2, -0.15) is 0 Å². The lowest BCUT2D eigenvalue weighted by Crippen LogP contribution is -2.62. The van der Waals surface area contributed by atoms with E-state index >= 15 is 0 Å². The summed E-state index contributed by atoms with van der Waals surface area (Å²) in [6.45, 7) is -1.42. The van der Waals surface area contributed by atoms with E-state index < -0.39 is 103 Å². The van der Waals surface area contributed by atoms with Crippen LogP contribution in [0.15, 0.2) is 0 Å². The Morgan fingerprint density at radius 2 is 1.65 bits per heavy atom. The Morgan fingerprint density at radius 3 is 2.24 bits per heavy atom. The third-order valence-corrected chi connectivity index (χ3v) is 6.84. The average Bonchev–Trinajstić information content (AvgIpc) is 3.01. The number of hydrogen-bond donors (Lipinski definition) is 13. The molecule has 262 valence electrons.